The molecule has 0 spiro atoms. The second-order valence-electron chi connectivity index (χ2n) is 4.02. The molecule has 96 valence electrons. The molecule has 2 aromatic heterocycles. The van der Waals surface area contributed by atoms with E-state index in [9.17, 15) is 4.79 Å². The Balaban J connectivity index is 1.89. The molecule has 0 radical (unpaired) electrons. The molecule has 3 N–H and O–H groups in total. The number of anilines is 1. The number of hydrogen-bond donors (Lipinski definition) is 2. The summed E-state index contributed by atoms with van der Waals surface area (Å²) in [5.74, 6) is 0.975. The van der Waals surface area contributed by atoms with Gasteiger partial charge in [-0.3, -0.25) is 9.48 Å². The molecule has 7 heteroatoms. The van der Waals surface area contributed by atoms with Gasteiger partial charge in [-0.2, -0.15) is 5.10 Å². The van der Waals surface area contributed by atoms with Crippen molar-refractivity contribution >= 4 is 11.7 Å². The average Bonchev–Trinajstić information content (AvgIpc) is 2.84. The summed E-state index contributed by atoms with van der Waals surface area (Å²) >= 11 is 0. The molecule has 0 bridgehead atoms. The number of rotatable bonds is 4. The van der Waals surface area contributed by atoms with Crippen LogP contribution in [0.15, 0.2) is 16.8 Å². The molecule has 0 aliphatic carbocycles. The van der Waals surface area contributed by atoms with Crippen LogP contribution in [-0.4, -0.2) is 20.8 Å². The van der Waals surface area contributed by atoms with Gasteiger partial charge in [0.25, 0.3) is 0 Å². The summed E-state index contributed by atoms with van der Waals surface area (Å²) in [4.78, 5) is 11.7. The normalized spacial score (nSPS) is 10.6. The van der Waals surface area contributed by atoms with Crippen LogP contribution in [0.25, 0.3) is 0 Å². The fraction of sp³-hybridized carbons (Fsp3) is 0.364. The SMILES string of the molecule is Cc1noc(C)c1CNC(=O)Cn1ccc(N)n1. The van der Waals surface area contributed by atoms with E-state index in [0.29, 0.717) is 12.4 Å². The van der Waals surface area contributed by atoms with E-state index in [4.69, 9.17) is 10.3 Å². The lowest BCUT2D eigenvalue weighted by atomic mass is 10.2. The molecule has 2 aromatic rings. The number of carbonyl (C=O) groups is 1. The second kappa shape index (κ2) is 4.91. The Labute approximate surface area is 104 Å². The largest absolute Gasteiger partial charge is 0.382 e. The zero-order chi connectivity index (χ0) is 13.1. The number of nitrogens with zero attached hydrogens (tertiary/aromatic N) is 3. The zero-order valence-corrected chi connectivity index (χ0v) is 10.3. The highest BCUT2D eigenvalue weighted by Gasteiger charge is 2.10. The minimum atomic E-state index is -0.141. The zero-order valence-electron chi connectivity index (χ0n) is 10.3. The van der Waals surface area contributed by atoms with E-state index in [2.05, 4.69) is 15.6 Å². The van der Waals surface area contributed by atoms with Crippen molar-refractivity contribution in [1.82, 2.24) is 20.3 Å². The molecule has 0 atom stereocenters. The predicted molar refractivity (Wildman–Crippen MR) is 64.5 cm³/mol. The van der Waals surface area contributed by atoms with Crippen molar-refractivity contribution in [1.29, 1.82) is 0 Å². The summed E-state index contributed by atoms with van der Waals surface area (Å²) in [7, 11) is 0. The van der Waals surface area contributed by atoms with Gasteiger partial charge in [0, 0.05) is 18.3 Å². The van der Waals surface area contributed by atoms with Crippen LogP contribution in [-0.2, 0) is 17.9 Å². The van der Waals surface area contributed by atoms with Crippen molar-refractivity contribution in [2.45, 2.75) is 26.9 Å². The number of nitrogen functional groups attached to an aromatic ring is 1. The number of nitrogens with two attached hydrogens (primary N) is 1. The number of carbonyl (C=O) groups excluding carboxylic acids is 1. The Kier molecular flexibility index (Phi) is 3.31. The van der Waals surface area contributed by atoms with Crippen molar-refractivity contribution in [2.24, 2.45) is 0 Å². The van der Waals surface area contributed by atoms with Crippen molar-refractivity contribution < 1.29 is 9.32 Å². The number of nitrogens with one attached hydrogen (secondary N) is 1. The lowest BCUT2D eigenvalue weighted by Gasteiger charge is -2.04. The number of hydrogen-bond acceptors (Lipinski definition) is 5. The lowest BCUT2D eigenvalue weighted by molar-refractivity contribution is -0.122. The van der Waals surface area contributed by atoms with Crippen molar-refractivity contribution in [2.75, 3.05) is 5.73 Å². The van der Waals surface area contributed by atoms with E-state index in [1.807, 2.05) is 13.8 Å². The van der Waals surface area contributed by atoms with Gasteiger partial charge in [-0.15, -0.1) is 0 Å². The summed E-state index contributed by atoms with van der Waals surface area (Å²) in [5, 5.41) is 10.5. The van der Waals surface area contributed by atoms with E-state index in [1.54, 1.807) is 12.3 Å². The Bertz CT molecular complexity index is 538. The van der Waals surface area contributed by atoms with Gasteiger partial charge in [-0.1, -0.05) is 5.16 Å². The maximum absolute atomic E-state index is 11.7. The average molecular weight is 249 g/mol. The summed E-state index contributed by atoms with van der Waals surface area (Å²) < 4.78 is 6.50. The van der Waals surface area contributed by atoms with Crippen LogP contribution in [0.3, 0.4) is 0 Å². The summed E-state index contributed by atoms with van der Waals surface area (Å²) in [5.41, 5.74) is 7.15. The monoisotopic (exact) mass is 249 g/mol. The smallest absolute Gasteiger partial charge is 0.242 e. The van der Waals surface area contributed by atoms with Gasteiger partial charge >= 0.3 is 0 Å². The quantitative estimate of drug-likeness (QED) is 0.816. The fourth-order valence-electron chi connectivity index (χ4n) is 1.61. The van der Waals surface area contributed by atoms with Gasteiger partial charge in [-0.25, -0.2) is 0 Å². The van der Waals surface area contributed by atoms with Gasteiger partial charge in [0.05, 0.1) is 5.69 Å². The molecule has 0 saturated carbocycles. The van der Waals surface area contributed by atoms with Crippen molar-refractivity contribution in [3.8, 4) is 0 Å². The van der Waals surface area contributed by atoms with Crippen LogP contribution >= 0.6 is 0 Å². The van der Waals surface area contributed by atoms with Crippen LogP contribution in [0.4, 0.5) is 5.82 Å². The number of amides is 1. The van der Waals surface area contributed by atoms with Gasteiger partial charge in [0.1, 0.15) is 18.1 Å². The third-order valence-electron chi connectivity index (χ3n) is 2.61. The van der Waals surface area contributed by atoms with Gasteiger partial charge in [0.2, 0.25) is 5.91 Å². The molecule has 0 aliphatic rings. The number of aromatic nitrogens is 3. The Morgan fingerprint density at radius 1 is 1.56 bits per heavy atom. The van der Waals surface area contributed by atoms with Crippen molar-refractivity contribution in [3.05, 3.63) is 29.3 Å². The van der Waals surface area contributed by atoms with Gasteiger partial charge < -0.3 is 15.6 Å². The first-order valence-electron chi connectivity index (χ1n) is 5.53. The Morgan fingerprint density at radius 3 is 2.89 bits per heavy atom. The molecular weight excluding hydrogens is 234 g/mol. The second-order valence-corrected chi connectivity index (χ2v) is 4.02. The highest BCUT2D eigenvalue weighted by Crippen LogP contribution is 2.11. The Morgan fingerprint density at radius 2 is 2.33 bits per heavy atom. The summed E-state index contributed by atoms with van der Waals surface area (Å²) in [6.07, 6.45) is 1.66. The molecule has 0 aliphatic heterocycles. The highest BCUT2D eigenvalue weighted by molar-refractivity contribution is 5.75. The minimum absolute atomic E-state index is 0.139. The summed E-state index contributed by atoms with van der Waals surface area (Å²) in [6.45, 7) is 4.19. The number of aryl methyl sites for hydroxylation is 2. The first-order valence-corrected chi connectivity index (χ1v) is 5.53. The van der Waals surface area contributed by atoms with Crippen LogP contribution < -0.4 is 11.1 Å². The van der Waals surface area contributed by atoms with Crippen LogP contribution in [0.1, 0.15) is 17.0 Å². The standard InChI is InChI=1S/C11H15N5O2/c1-7-9(8(2)18-15-7)5-13-11(17)6-16-4-3-10(12)14-16/h3-4H,5-6H2,1-2H3,(H2,12,14)(H,13,17). The minimum Gasteiger partial charge on any atom is -0.382 e. The highest BCUT2D eigenvalue weighted by atomic mass is 16.5. The fourth-order valence-corrected chi connectivity index (χ4v) is 1.61. The lowest BCUT2D eigenvalue weighted by Crippen LogP contribution is -2.27. The maximum Gasteiger partial charge on any atom is 0.242 e. The summed E-state index contributed by atoms with van der Waals surface area (Å²) in [6, 6.07) is 1.64. The van der Waals surface area contributed by atoms with Crippen LogP contribution in [0.2, 0.25) is 0 Å². The molecule has 1 amide bonds. The molecule has 0 saturated heterocycles. The van der Waals surface area contributed by atoms with Crippen LogP contribution in [0.5, 0.6) is 0 Å². The predicted octanol–water partition coefficient (Wildman–Crippen LogP) is 0.387. The Hall–Kier alpha value is -2.31. The molecule has 0 unspecified atom stereocenters. The molecule has 2 heterocycles. The molecule has 18 heavy (non-hydrogen) atoms. The molecule has 2 rings (SSSR count). The van der Waals surface area contributed by atoms with E-state index in [-0.39, 0.29) is 12.5 Å². The topological polar surface area (TPSA) is 99.0 Å². The molecular formula is C11H15N5O2. The van der Waals surface area contributed by atoms with Gasteiger partial charge in [-0.05, 0) is 19.9 Å². The first-order chi connectivity index (χ1) is 8.56. The first kappa shape index (κ1) is 12.2. The molecule has 0 aromatic carbocycles. The van der Waals surface area contributed by atoms with E-state index in [1.165, 1.54) is 4.68 Å². The third kappa shape index (κ3) is 2.68. The maximum atomic E-state index is 11.7. The molecule has 0 fully saturated rings. The van der Waals surface area contributed by atoms with Crippen LogP contribution in [0, 0.1) is 13.8 Å². The molecule has 7 nitrogen and oxygen atoms in total. The van der Waals surface area contributed by atoms with E-state index >= 15 is 0 Å². The third-order valence-corrected chi connectivity index (χ3v) is 2.61. The van der Waals surface area contributed by atoms with Gasteiger partial charge in [0.15, 0.2) is 0 Å². The van der Waals surface area contributed by atoms with E-state index < -0.39 is 0 Å². The van der Waals surface area contributed by atoms with E-state index in [0.717, 1.165) is 17.0 Å². The van der Waals surface area contributed by atoms with Crippen molar-refractivity contribution in [3.63, 3.8) is 0 Å².